The minimum Gasteiger partial charge on any atom is -0.303 e. The topological polar surface area (TPSA) is 97.0 Å². The van der Waals surface area contributed by atoms with Crippen LogP contribution in [0.4, 0.5) is 0 Å². The van der Waals surface area contributed by atoms with Crippen molar-refractivity contribution in [2.45, 2.75) is 349 Å². The summed E-state index contributed by atoms with van der Waals surface area (Å²) in [7, 11) is 0. The van der Waals surface area contributed by atoms with Crippen LogP contribution in [0.25, 0.3) is 0 Å². The first-order chi connectivity index (χ1) is 36.8. The maximum atomic E-state index is 14.4. The van der Waals surface area contributed by atoms with Gasteiger partial charge in [-0.05, 0) is 77.8 Å². The summed E-state index contributed by atoms with van der Waals surface area (Å²) < 4.78 is 0. The molecule has 0 aliphatic carbocycles. The highest BCUT2D eigenvalue weighted by Crippen LogP contribution is 2.16. The number of rotatable bonds is 60. The summed E-state index contributed by atoms with van der Waals surface area (Å²) in [5.41, 5.74) is 0. The molecule has 75 heavy (non-hydrogen) atoms. The molecule has 0 saturated carbocycles. The van der Waals surface area contributed by atoms with Gasteiger partial charge in [0.05, 0.1) is 0 Å². The SMILES string of the molecule is CCCCCCCCCN(CCCCCCCCC)CCC(=O)C1NC(C(=O)CCN(CCCCCCCCC)CCCCCCCCC)NC(C(=O)CCN(CCCCCCCCC)CCCCCCCCC)N1. The number of hydrogen-bond donors (Lipinski definition) is 3. The van der Waals surface area contributed by atoms with Gasteiger partial charge in [-0.1, -0.05) is 273 Å². The second-order valence-electron chi connectivity index (χ2n) is 23.7. The Balaban J connectivity index is 3.19. The van der Waals surface area contributed by atoms with Crippen LogP contribution in [0.5, 0.6) is 0 Å². The first-order valence-corrected chi connectivity index (χ1v) is 33.9. The van der Waals surface area contributed by atoms with E-state index < -0.39 is 18.5 Å². The van der Waals surface area contributed by atoms with E-state index in [0.29, 0.717) is 19.3 Å². The van der Waals surface area contributed by atoms with Crippen LogP contribution in [-0.2, 0) is 14.4 Å². The lowest BCUT2D eigenvalue weighted by atomic mass is 10.1. The van der Waals surface area contributed by atoms with Crippen LogP contribution in [0.1, 0.15) is 330 Å². The summed E-state index contributed by atoms with van der Waals surface area (Å²) in [5, 5.41) is 10.3. The Bertz CT molecular complexity index is 1040. The standard InChI is InChI=1S/C66H132N6O3/c1-7-13-19-25-31-37-43-52-70(53-44-38-32-26-20-14-8-2)58-49-61(73)64-67-65(62(74)50-59-71(54-45-39-33-27-21-15-9-3)55-46-40-34-28-22-16-10-4)69-66(68-64)63(75)51-60-72(56-47-41-35-29-23-17-11-5)57-48-42-36-30-24-18-12-6/h64-69H,7-60H2,1-6H3. The number of nitrogens with one attached hydrogen (secondary N) is 3. The third-order valence-electron chi connectivity index (χ3n) is 16.5. The first kappa shape index (κ1) is 71.8. The van der Waals surface area contributed by atoms with Gasteiger partial charge in [-0.25, -0.2) is 0 Å². The summed E-state index contributed by atoms with van der Waals surface area (Å²) in [6.45, 7) is 22.1. The molecule has 0 bridgehead atoms. The van der Waals surface area contributed by atoms with Crippen molar-refractivity contribution in [2.75, 3.05) is 58.9 Å². The Hall–Kier alpha value is -1.23. The van der Waals surface area contributed by atoms with Crippen LogP contribution >= 0.6 is 0 Å². The zero-order valence-electron chi connectivity index (χ0n) is 51.5. The molecule has 9 nitrogen and oxygen atoms in total. The maximum absolute atomic E-state index is 14.4. The van der Waals surface area contributed by atoms with E-state index in [4.69, 9.17) is 0 Å². The van der Waals surface area contributed by atoms with Crippen LogP contribution in [0.3, 0.4) is 0 Å². The highest BCUT2D eigenvalue weighted by Gasteiger charge is 2.37. The van der Waals surface area contributed by atoms with Crippen molar-refractivity contribution in [2.24, 2.45) is 0 Å². The molecule has 9 heteroatoms. The van der Waals surface area contributed by atoms with E-state index in [-0.39, 0.29) is 17.3 Å². The first-order valence-electron chi connectivity index (χ1n) is 33.9. The predicted octanol–water partition coefficient (Wildman–Crippen LogP) is 17.0. The van der Waals surface area contributed by atoms with Gasteiger partial charge in [-0.3, -0.25) is 30.3 Å². The van der Waals surface area contributed by atoms with Crippen molar-refractivity contribution in [3.63, 3.8) is 0 Å². The summed E-state index contributed by atoms with van der Waals surface area (Å²) >= 11 is 0. The molecule has 0 atom stereocenters. The monoisotopic (exact) mass is 1060 g/mol. The molecule has 444 valence electrons. The van der Waals surface area contributed by atoms with E-state index in [0.717, 1.165) is 58.9 Å². The predicted molar refractivity (Wildman–Crippen MR) is 327 cm³/mol. The number of ketones is 3. The van der Waals surface area contributed by atoms with Crippen molar-refractivity contribution in [3.05, 3.63) is 0 Å². The molecule has 0 spiro atoms. The summed E-state index contributed by atoms with van der Waals surface area (Å²) in [6.07, 6.45) is 53.0. The minimum absolute atomic E-state index is 0.0650. The van der Waals surface area contributed by atoms with Gasteiger partial charge in [0.15, 0.2) is 17.3 Å². The van der Waals surface area contributed by atoms with Gasteiger partial charge < -0.3 is 14.7 Å². The van der Waals surface area contributed by atoms with E-state index >= 15 is 0 Å². The Morgan fingerprint density at radius 3 is 0.533 bits per heavy atom. The molecule has 0 aromatic heterocycles. The molecular formula is C66H132N6O3. The molecule has 0 aromatic carbocycles. The van der Waals surface area contributed by atoms with Crippen molar-refractivity contribution in [3.8, 4) is 0 Å². The van der Waals surface area contributed by atoms with Crippen molar-refractivity contribution in [1.29, 1.82) is 0 Å². The lowest BCUT2D eigenvalue weighted by Gasteiger charge is -2.37. The molecule has 3 N–H and O–H groups in total. The van der Waals surface area contributed by atoms with Gasteiger partial charge in [0, 0.05) is 38.9 Å². The smallest absolute Gasteiger partial charge is 0.165 e. The molecule has 0 aromatic rings. The van der Waals surface area contributed by atoms with Crippen molar-refractivity contribution >= 4 is 17.3 Å². The normalized spacial score (nSPS) is 16.0. The molecule has 0 radical (unpaired) electrons. The number of carbonyl (C=O) groups excluding carboxylic acids is 3. The fraction of sp³-hybridized carbons (Fsp3) is 0.955. The average molecular weight is 1060 g/mol. The molecule has 0 unspecified atom stereocenters. The van der Waals surface area contributed by atoms with E-state index in [1.165, 1.54) is 270 Å². The molecule has 1 rings (SSSR count). The van der Waals surface area contributed by atoms with E-state index in [2.05, 4.69) is 72.2 Å². The lowest BCUT2D eigenvalue weighted by Crippen LogP contribution is -2.73. The van der Waals surface area contributed by atoms with Gasteiger partial charge in [-0.15, -0.1) is 0 Å². The van der Waals surface area contributed by atoms with Crippen molar-refractivity contribution < 1.29 is 14.4 Å². The van der Waals surface area contributed by atoms with Gasteiger partial charge in [-0.2, -0.15) is 0 Å². The zero-order valence-corrected chi connectivity index (χ0v) is 51.5. The minimum atomic E-state index is -0.735. The molecular weight excluding hydrogens is 925 g/mol. The van der Waals surface area contributed by atoms with Crippen LogP contribution in [0, 0.1) is 0 Å². The largest absolute Gasteiger partial charge is 0.303 e. The number of Topliss-reactive ketones (excluding diaryl/α,β-unsaturated/α-hetero) is 3. The lowest BCUT2D eigenvalue weighted by molar-refractivity contribution is -0.130. The molecule has 1 fully saturated rings. The number of unbranched alkanes of at least 4 members (excludes halogenated alkanes) is 36. The Morgan fingerprint density at radius 2 is 0.373 bits per heavy atom. The molecule has 1 heterocycles. The Labute approximate surface area is 468 Å². The zero-order chi connectivity index (χ0) is 54.5. The van der Waals surface area contributed by atoms with Gasteiger partial charge in [0.1, 0.15) is 18.5 Å². The molecule has 1 aliphatic heterocycles. The Morgan fingerprint density at radius 1 is 0.227 bits per heavy atom. The van der Waals surface area contributed by atoms with E-state index in [1.54, 1.807) is 0 Å². The number of nitrogens with zero attached hydrogens (tertiary/aromatic N) is 3. The second-order valence-corrected chi connectivity index (χ2v) is 23.7. The van der Waals surface area contributed by atoms with Crippen LogP contribution in [0.2, 0.25) is 0 Å². The maximum Gasteiger partial charge on any atom is 0.165 e. The highest BCUT2D eigenvalue weighted by atomic mass is 16.1. The molecule has 1 saturated heterocycles. The Kier molecular flexibility index (Phi) is 52.4. The van der Waals surface area contributed by atoms with Crippen LogP contribution in [0.15, 0.2) is 0 Å². The van der Waals surface area contributed by atoms with E-state index in [9.17, 15) is 14.4 Å². The van der Waals surface area contributed by atoms with Crippen molar-refractivity contribution in [1.82, 2.24) is 30.7 Å². The summed E-state index contributed by atoms with van der Waals surface area (Å²) in [6, 6.07) is 0. The molecule has 1 aliphatic rings. The quantitative estimate of drug-likeness (QED) is 0.0515. The van der Waals surface area contributed by atoms with Gasteiger partial charge in [0.25, 0.3) is 0 Å². The average Bonchev–Trinajstić information content (AvgIpc) is 3.42. The summed E-state index contributed by atoms with van der Waals surface area (Å²) in [5.74, 6) is 0.195. The molecule has 0 amide bonds. The van der Waals surface area contributed by atoms with Crippen LogP contribution < -0.4 is 16.0 Å². The van der Waals surface area contributed by atoms with E-state index in [1.807, 2.05) is 0 Å². The van der Waals surface area contributed by atoms with Gasteiger partial charge >= 0.3 is 0 Å². The summed E-state index contributed by atoms with van der Waals surface area (Å²) in [4.78, 5) is 50.9. The highest BCUT2D eigenvalue weighted by molar-refractivity contribution is 5.91. The third-order valence-corrected chi connectivity index (χ3v) is 16.5. The fourth-order valence-corrected chi connectivity index (χ4v) is 11.2. The number of carbonyl (C=O) groups is 3. The van der Waals surface area contributed by atoms with Crippen LogP contribution in [-0.4, -0.2) is 109 Å². The number of hydrogen-bond acceptors (Lipinski definition) is 9. The fourth-order valence-electron chi connectivity index (χ4n) is 11.2. The second kappa shape index (κ2) is 54.7. The third kappa shape index (κ3) is 43.3. The van der Waals surface area contributed by atoms with Gasteiger partial charge in [0.2, 0.25) is 0 Å².